The summed E-state index contributed by atoms with van der Waals surface area (Å²) in [5.74, 6) is 0. The summed E-state index contributed by atoms with van der Waals surface area (Å²) in [5.41, 5.74) is 0. The standard InChI is InChI=1S/C10H18O4/c1-3-5-13-10-7(4-2)14-8(6-11)9(10)12/h3,7-12H,1,4-6H2,2H3/t7?,8-,9?,10?/m1/s1. The van der Waals surface area contributed by atoms with Crippen LogP contribution in [0.3, 0.4) is 0 Å². The van der Waals surface area contributed by atoms with E-state index in [0.29, 0.717) is 6.61 Å². The molecule has 1 aliphatic heterocycles. The van der Waals surface area contributed by atoms with Gasteiger partial charge in [-0.15, -0.1) is 6.58 Å². The normalized spacial score (nSPS) is 37.4. The highest BCUT2D eigenvalue weighted by atomic mass is 16.6. The molecule has 3 unspecified atom stereocenters. The molecule has 0 aromatic carbocycles. The predicted octanol–water partition coefficient (Wildman–Crippen LogP) is 0.0882. The summed E-state index contributed by atoms with van der Waals surface area (Å²) in [5, 5.41) is 18.7. The summed E-state index contributed by atoms with van der Waals surface area (Å²) < 4.78 is 10.8. The van der Waals surface area contributed by atoms with E-state index < -0.39 is 12.2 Å². The molecule has 4 atom stereocenters. The van der Waals surface area contributed by atoms with E-state index >= 15 is 0 Å². The van der Waals surface area contributed by atoms with Crippen LogP contribution in [0.4, 0.5) is 0 Å². The maximum absolute atomic E-state index is 9.73. The third-order valence-corrected chi connectivity index (χ3v) is 2.42. The lowest BCUT2D eigenvalue weighted by Gasteiger charge is -2.18. The third-order valence-electron chi connectivity index (χ3n) is 2.42. The Morgan fingerprint density at radius 1 is 1.50 bits per heavy atom. The van der Waals surface area contributed by atoms with E-state index in [9.17, 15) is 5.11 Å². The van der Waals surface area contributed by atoms with Crippen molar-refractivity contribution in [1.82, 2.24) is 0 Å². The molecule has 2 N–H and O–H groups in total. The van der Waals surface area contributed by atoms with Crippen molar-refractivity contribution < 1.29 is 19.7 Å². The van der Waals surface area contributed by atoms with Gasteiger partial charge >= 0.3 is 0 Å². The Balaban J connectivity index is 2.55. The summed E-state index contributed by atoms with van der Waals surface area (Å²) in [4.78, 5) is 0. The van der Waals surface area contributed by atoms with Crippen molar-refractivity contribution in [2.24, 2.45) is 0 Å². The fourth-order valence-corrected chi connectivity index (χ4v) is 1.68. The molecule has 0 bridgehead atoms. The summed E-state index contributed by atoms with van der Waals surface area (Å²) >= 11 is 0. The smallest absolute Gasteiger partial charge is 0.113 e. The Morgan fingerprint density at radius 2 is 2.21 bits per heavy atom. The third kappa shape index (κ3) is 2.33. The number of aliphatic hydroxyl groups is 2. The van der Waals surface area contributed by atoms with Crippen LogP contribution in [0, 0.1) is 0 Å². The maximum Gasteiger partial charge on any atom is 0.113 e. The highest BCUT2D eigenvalue weighted by Crippen LogP contribution is 2.25. The van der Waals surface area contributed by atoms with Gasteiger partial charge in [0.2, 0.25) is 0 Å². The first kappa shape index (κ1) is 11.7. The van der Waals surface area contributed by atoms with Gasteiger partial charge in [0.05, 0.1) is 19.3 Å². The summed E-state index contributed by atoms with van der Waals surface area (Å²) in [6.45, 7) is 5.71. The second-order valence-electron chi connectivity index (χ2n) is 3.38. The molecule has 4 nitrogen and oxygen atoms in total. The minimum absolute atomic E-state index is 0.137. The van der Waals surface area contributed by atoms with Crippen molar-refractivity contribution in [3.05, 3.63) is 12.7 Å². The van der Waals surface area contributed by atoms with Crippen molar-refractivity contribution in [2.45, 2.75) is 37.8 Å². The molecule has 0 saturated carbocycles. The van der Waals surface area contributed by atoms with Crippen LogP contribution in [0.15, 0.2) is 12.7 Å². The van der Waals surface area contributed by atoms with Gasteiger partial charge in [-0.25, -0.2) is 0 Å². The van der Waals surface area contributed by atoms with E-state index in [-0.39, 0.29) is 18.8 Å². The van der Waals surface area contributed by atoms with Crippen LogP contribution < -0.4 is 0 Å². The Bertz CT molecular complexity index is 181. The molecule has 82 valence electrons. The highest BCUT2D eigenvalue weighted by molar-refractivity contribution is 4.91. The molecule has 0 aromatic rings. The average Bonchev–Trinajstić information content (AvgIpc) is 2.52. The molecule has 1 rings (SSSR count). The average molecular weight is 202 g/mol. The van der Waals surface area contributed by atoms with Crippen molar-refractivity contribution in [1.29, 1.82) is 0 Å². The zero-order valence-electron chi connectivity index (χ0n) is 8.43. The molecule has 0 aliphatic carbocycles. The Labute approximate surface area is 84.1 Å². The zero-order valence-corrected chi connectivity index (χ0v) is 8.43. The van der Waals surface area contributed by atoms with Crippen molar-refractivity contribution >= 4 is 0 Å². The fraction of sp³-hybridized carbons (Fsp3) is 0.800. The van der Waals surface area contributed by atoms with Gasteiger partial charge in [-0.3, -0.25) is 0 Å². The summed E-state index contributed by atoms with van der Waals surface area (Å²) in [6, 6.07) is 0. The largest absolute Gasteiger partial charge is 0.394 e. The molecule has 0 spiro atoms. The summed E-state index contributed by atoms with van der Waals surface area (Å²) in [7, 11) is 0. The molecule has 14 heavy (non-hydrogen) atoms. The summed E-state index contributed by atoms with van der Waals surface area (Å²) in [6.07, 6.45) is 0.637. The van der Waals surface area contributed by atoms with E-state index in [2.05, 4.69) is 6.58 Å². The number of hydrogen-bond acceptors (Lipinski definition) is 4. The molecule has 4 heteroatoms. The molecule has 0 radical (unpaired) electrons. The number of aliphatic hydroxyl groups excluding tert-OH is 2. The van der Waals surface area contributed by atoms with Gasteiger partial charge in [0.25, 0.3) is 0 Å². The van der Waals surface area contributed by atoms with Crippen LogP contribution in [0.25, 0.3) is 0 Å². The van der Waals surface area contributed by atoms with Crippen LogP contribution >= 0.6 is 0 Å². The molecule has 0 amide bonds. The maximum atomic E-state index is 9.73. The van der Waals surface area contributed by atoms with Crippen molar-refractivity contribution in [2.75, 3.05) is 13.2 Å². The van der Waals surface area contributed by atoms with E-state index in [4.69, 9.17) is 14.6 Å². The van der Waals surface area contributed by atoms with E-state index in [1.54, 1.807) is 6.08 Å². The Hall–Kier alpha value is -0.420. The minimum atomic E-state index is -0.745. The first-order valence-corrected chi connectivity index (χ1v) is 4.91. The second kappa shape index (κ2) is 5.46. The molecular weight excluding hydrogens is 184 g/mol. The SMILES string of the molecule is C=CCOC1C(CC)O[C@H](CO)C1O. The van der Waals surface area contributed by atoms with E-state index in [1.165, 1.54) is 0 Å². The lowest BCUT2D eigenvalue weighted by molar-refractivity contribution is -0.0278. The lowest BCUT2D eigenvalue weighted by Crippen LogP contribution is -2.36. The van der Waals surface area contributed by atoms with Crippen molar-refractivity contribution in [3.8, 4) is 0 Å². The van der Waals surface area contributed by atoms with E-state index in [1.807, 2.05) is 6.92 Å². The van der Waals surface area contributed by atoms with Crippen LogP contribution in [-0.2, 0) is 9.47 Å². The minimum Gasteiger partial charge on any atom is -0.394 e. The molecular formula is C10H18O4. The lowest BCUT2D eigenvalue weighted by atomic mass is 10.1. The van der Waals surface area contributed by atoms with Gasteiger partial charge in [0.1, 0.15) is 18.3 Å². The van der Waals surface area contributed by atoms with Gasteiger partial charge in [0.15, 0.2) is 0 Å². The van der Waals surface area contributed by atoms with Gasteiger partial charge in [0, 0.05) is 0 Å². The number of hydrogen-bond donors (Lipinski definition) is 2. The van der Waals surface area contributed by atoms with Crippen LogP contribution in [-0.4, -0.2) is 47.8 Å². The first-order chi connectivity index (χ1) is 6.74. The van der Waals surface area contributed by atoms with Gasteiger partial charge in [-0.2, -0.15) is 0 Å². The molecule has 1 fully saturated rings. The topological polar surface area (TPSA) is 58.9 Å². The van der Waals surface area contributed by atoms with Gasteiger partial charge < -0.3 is 19.7 Å². The fourth-order valence-electron chi connectivity index (χ4n) is 1.68. The number of rotatable bonds is 5. The van der Waals surface area contributed by atoms with Gasteiger partial charge in [-0.05, 0) is 6.42 Å². The van der Waals surface area contributed by atoms with Crippen molar-refractivity contribution in [3.63, 3.8) is 0 Å². The van der Waals surface area contributed by atoms with Crippen LogP contribution in [0.5, 0.6) is 0 Å². The Kier molecular flexibility index (Phi) is 4.54. The van der Waals surface area contributed by atoms with E-state index in [0.717, 1.165) is 6.42 Å². The second-order valence-corrected chi connectivity index (χ2v) is 3.38. The van der Waals surface area contributed by atoms with Gasteiger partial charge in [-0.1, -0.05) is 13.0 Å². The molecule has 0 aromatic heterocycles. The molecule has 1 heterocycles. The quantitative estimate of drug-likeness (QED) is 0.620. The zero-order chi connectivity index (χ0) is 10.6. The van der Waals surface area contributed by atoms with Crippen LogP contribution in [0.2, 0.25) is 0 Å². The molecule has 1 aliphatic rings. The molecule has 1 saturated heterocycles. The highest BCUT2D eigenvalue weighted by Gasteiger charge is 2.42. The monoisotopic (exact) mass is 202 g/mol. The number of ether oxygens (including phenoxy) is 2. The Morgan fingerprint density at radius 3 is 2.71 bits per heavy atom. The first-order valence-electron chi connectivity index (χ1n) is 4.91. The van der Waals surface area contributed by atoms with Crippen LogP contribution in [0.1, 0.15) is 13.3 Å². The predicted molar refractivity (Wildman–Crippen MR) is 52.0 cm³/mol.